The molecular weight excluding hydrogens is 415 g/mol. The van der Waals surface area contributed by atoms with Gasteiger partial charge in [-0.1, -0.05) is 59.0 Å². The van der Waals surface area contributed by atoms with Gasteiger partial charge in [0.1, 0.15) is 18.1 Å². The number of hydrogen-bond donors (Lipinski definition) is 0. The van der Waals surface area contributed by atoms with Gasteiger partial charge >= 0.3 is 5.97 Å². The number of carbonyl (C=O) groups is 1. The maximum Gasteiger partial charge on any atom is 0.310 e. The molecule has 0 heterocycles. The minimum Gasteiger partial charge on any atom is -0.487 e. The Morgan fingerprint density at radius 3 is 2.54 bits per heavy atom. The van der Waals surface area contributed by atoms with Crippen LogP contribution in [0.2, 0.25) is 10.0 Å². The Hall–Kier alpha value is -1.23. The third-order valence-electron chi connectivity index (χ3n) is 3.44. The van der Waals surface area contributed by atoms with Crippen LogP contribution in [0.25, 0.3) is 0 Å². The zero-order valence-electron chi connectivity index (χ0n) is 13.4. The summed E-state index contributed by atoms with van der Waals surface area (Å²) in [5, 5.41) is 1.11. The van der Waals surface area contributed by atoms with Gasteiger partial charge in [-0.3, -0.25) is 4.79 Å². The summed E-state index contributed by atoms with van der Waals surface area (Å²) in [6.07, 6.45) is 1.09. The van der Waals surface area contributed by atoms with Crippen LogP contribution >= 0.6 is 39.1 Å². The van der Waals surface area contributed by atoms with Crippen molar-refractivity contribution in [3.63, 3.8) is 0 Å². The molecule has 0 atom stereocenters. The molecule has 128 valence electrons. The molecule has 2 aromatic carbocycles. The van der Waals surface area contributed by atoms with Crippen molar-refractivity contribution in [1.29, 1.82) is 0 Å². The first-order chi connectivity index (χ1) is 11.5. The Morgan fingerprint density at radius 1 is 1.12 bits per heavy atom. The van der Waals surface area contributed by atoms with Crippen molar-refractivity contribution in [3.8, 4) is 11.5 Å². The van der Waals surface area contributed by atoms with E-state index in [-0.39, 0.29) is 12.6 Å². The lowest BCUT2D eigenvalue weighted by molar-refractivity contribution is -0.134. The molecule has 0 aromatic heterocycles. The normalized spacial score (nSPS) is 10.5. The van der Waals surface area contributed by atoms with Gasteiger partial charge in [0.25, 0.3) is 0 Å². The van der Waals surface area contributed by atoms with Gasteiger partial charge in [0.2, 0.25) is 0 Å². The average molecular weight is 432 g/mol. The fourth-order valence-electron chi connectivity index (χ4n) is 2.07. The molecular formula is C18H17BrCl2O3. The van der Waals surface area contributed by atoms with Crippen LogP contribution < -0.4 is 9.47 Å². The van der Waals surface area contributed by atoms with Crippen LogP contribution in [0.5, 0.6) is 11.5 Å². The second-order valence-corrected chi connectivity index (χ2v) is 6.73. The molecule has 0 fully saturated rings. The van der Waals surface area contributed by atoms with Gasteiger partial charge < -0.3 is 9.47 Å². The smallest absolute Gasteiger partial charge is 0.310 e. The number of ether oxygens (including phenoxy) is 2. The molecule has 0 bridgehead atoms. The maximum absolute atomic E-state index is 11.6. The quantitative estimate of drug-likeness (QED) is 0.402. The van der Waals surface area contributed by atoms with Gasteiger partial charge in [-0.2, -0.15) is 0 Å². The van der Waals surface area contributed by atoms with Gasteiger partial charge in [0.05, 0.1) is 5.02 Å². The molecule has 24 heavy (non-hydrogen) atoms. The zero-order chi connectivity index (χ0) is 17.7. The topological polar surface area (TPSA) is 35.5 Å². The number of carbonyl (C=O) groups excluding carboxylic acids is 1. The second kappa shape index (κ2) is 8.75. The highest BCUT2D eigenvalue weighted by Crippen LogP contribution is 2.34. The molecule has 0 aliphatic rings. The van der Waals surface area contributed by atoms with E-state index in [1.165, 1.54) is 0 Å². The van der Waals surface area contributed by atoms with Crippen LogP contribution in [0.15, 0.2) is 34.8 Å². The first-order valence-corrected chi connectivity index (χ1v) is 9.09. The highest BCUT2D eigenvalue weighted by atomic mass is 79.9. The molecule has 0 spiro atoms. The lowest BCUT2D eigenvalue weighted by Crippen LogP contribution is -2.09. The van der Waals surface area contributed by atoms with E-state index in [1.54, 1.807) is 31.2 Å². The van der Waals surface area contributed by atoms with Gasteiger partial charge in [-0.25, -0.2) is 0 Å². The van der Waals surface area contributed by atoms with Crippen molar-refractivity contribution in [3.05, 3.63) is 56.0 Å². The van der Waals surface area contributed by atoms with Crippen molar-refractivity contribution < 1.29 is 14.3 Å². The van der Waals surface area contributed by atoms with E-state index in [1.807, 2.05) is 13.0 Å². The fraction of sp³-hybridized carbons (Fsp3) is 0.278. The van der Waals surface area contributed by atoms with Crippen molar-refractivity contribution in [1.82, 2.24) is 0 Å². The Bertz CT molecular complexity index is 747. The Labute approximate surface area is 160 Å². The lowest BCUT2D eigenvalue weighted by Gasteiger charge is -2.14. The summed E-state index contributed by atoms with van der Waals surface area (Å²) in [4.78, 5) is 11.6. The van der Waals surface area contributed by atoms with Gasteiger partial charge in [-0.15, -0.1) is 0 Å². The molecule has 0 aliphatic heterocycles. The number of halogens is 3. The number of rotatable bonds is 6. The molecule has 0 N–H and O–H groups in total. The van der Waals surface area contributed by atoms with E-state index in [9.17, 15) is 4.79 Å². The summed E-state index contributed by atoms with van der Waals surface area (Å²) in [7, 11) is 0. The molecule has 2 rings (SSSR count). The van der Waals surface area contributed by atoms with Crippen molar-refractivity contribution in [2.24, 2.45) is 0 Å². The highest BCUT2D eigenvalue weighted by Gasteiger charge is 2.14. The third kappa shape index (κ3) is 4.65. The molecule has 0 saturated heterocycles. The number of aryl methyl sites for hydroxylation is 1. The predicted molar refractivity (Wildman–Crippen MR) is 100 cm³/mol. The maximum atomic E-state index is 11.6. The summed E-state index contributed by atoms with van der Waals surface area (Å²) in [6.45, 7) is 3.94. The number of benzene rings is 2. The molecule has 0 saturated carbocycles. The van der Waals surface area contributed by atoms with Gasteiger partial charge in [-0.05, 0) is 30.2 Å². The van der Waals surface area contributed by atoms with E-state index in [2.05, 4.69) is 15.9 Å². The summed E-state index contributed by atoms with van der Waals surface area (Å²) < 4.78 is 11.9. The van der Waals surface area contributed by atoms with Crippen molar-refractivity contribution in [2.75, 3.05) is 0 Å². The fourth-order valence-corrected chi connectivity index (χ4v) is 3.06. The van der Waals surface area contributed by atoms with Crippen LogP contribution in [0.4, 0.5) is 0 Å². The van der Waals surface area contributed by atoms with E-state index in [0.717, 1.165) is 22.0 Å². The molecule has 6 heteroatoms. The van der Waals surface area contributed by atoms with Gasteiger partial charge in [0.15, 0.2) is 0 Å². The predicted octanol–water partition coefficient (Wildman–Crippen LogP) is 6.21. The molecule has 2 aromatic rings. The standard InChI is InChI=1S/C18H17BrCl2O3/c1-3-11-8-15(21)17(9-14(11)20)23-10-12-13(19)6-5-7-16(12)24-18(22)4-2/h5-9H,3-4,10H2,1-2H3. The van der Waals surface area contributed by atoms with E-state index >= 15 is 0 Å². The lowest BCUT2D eigenvalue weighted by atomic mass is 10.1. The van der Waals surface area contributed by atoms with E-state index in [4.69, 9.17) is 32.7 Å². The van der Waals surface area contributed by atoms with Crippen LogP contribution in [0.3, 0.4) is 0 Å². The molecule has 0 amide bonds. The molecule has 3 nitrogen and oxygen atoms in total. The molecule has 0 radical (unpaired) electrons. The minimum absolute atomic E-state index is 0.190. The largest absolute Gasteiger partial charge is 0.487 e. The Kier molecular flexibility index (Phi) is 6.96. The first kappa shape index (κ1) is 19.1. The van der Waals surface area contributed by atoms with E-state index in [0.29, 0.717) is 28.0 Å². The summed E-state index contributed by atoms with van der Waals surface area (Å²) in [5.74, 6) is 0.647. The minimum atomic E-state index is -0.303. The molecule has 0 aliphatic carbocycles. The van der Waals surface area contributed by atoms with Crippen molar-refractivity contribution >= 4 is 45.1 Å². The van der Waals surface area contributed by atoms with Crippen LogP contribution in [0, 0.1) is 0 Å². The number of hydrogen-bond acceptors (Lipinski definition) is 3. The second-order valence-electron chi connectivity index (χ2n) is 5.06. The Morgan fingerprint density at radius 2 is 1.88 bits per heavy atom. The average Bonchev–Trinajstić information content (AvgIpc) is 2.56. The van der Waals surface area contributed by atoms with Crippen LogP contribution in [0.1, 0.15) is 31.4 Å². The van der Waals surface area contributed by atoms with Crippen LogP contribution in [-0.2, 0) is 17.8 Å². The summed E-state index contributed by atoms with van der Waals surface area (Å²) in [6, 6.07) is 8.89. The number of esters is 1. The Balaban J connectivity index is 2.23. The first-order valence-electron chi connectivity index (χ1n) is 7.55. The monoisotopic (exact) mass is 430 g/mol. The van der Waals surface area contributed by atoms with Crippen LogP contribution in [-0.4, -0.2) is 5.97 Å². The SMILES string of the molecule is CCC(=O)Oc1cccc(Br)c1COc1cc(Cl)c(CC)cc1Cl. The summed E-state index contributed by atoms with van der Waals surface area (Å²) >= 11 is 15.9. The van der Waals surface area contributed by atoms with Crippen molar-refractivity contribution in [2.45, 2.75) is 33.3 Å². The van der Waals surface area contributed by atoms with E-state index < -0.39 is 0 Å². The zero-order valence-corrected chi connectivity index (χ0v) is 16.5. The summed E-state index contributed by atoms with van der Waals surface area (Å²) in [5.41, 5.74) is 1.69. The molecule has 0 unspecified atom stereocenters. The van der Waals surface area contributed by atoms with Gasteiger partial charge in [0, 0.05) is 27.5 Å². The third-order valence-corrected chi connectivity index (χ3v) is 4.83. The highest BCUT2D eigenvalue weighted by molar-refractivity contribution is 9.10.